The van der Waals surface area contributed by atoms with Gasteiger partial charge in [0.1, 0.15) is 6.04 Å². The number of hydrogen-bond donors (Lipinski definition) is 4. The van der Waals surface area contributed by atoms with Crippen molar-refractivity contribution in [2.75, 3.05) is 19.3 Å². The highest BCUT2D eigenvalue weighted by atomic mass is 32.2. The van der Waals surface area contributed by atoms with Crippen molar-refractivity contribution < 1.29 is 23.1 Å². The Kier molecular flexibility index (Phi) is 10.5. The Balaban J connectivity index is 1.84. The Morgan fingerprint density at radius 2 is 1.68 bits per heavy atom. The van der Waals surface area contributed by atoms with Gasteiger partial charge in [0, 0.05) is 24.9 Å². The van der Waals surface area contributed by atoms with Crippen LogP contribution in [0.1, 0.15) is 72.3 Å². The Morgan fingerprint density at radius 3 is 2.25 bits per heavy atom. The molecule has 0 bridgehead atoms. The minimum absolute atomic E-state index is 0.0377. The normalized spacial score (nSPS) is 24.9. The lowest BCUT2D eigenvalue weighted by atomic mass is 9.72. The van der Waals surface area contributed by atoms with Crippen LogP contribution in [-0.4, -0.2) is 84.1 Å². The quantitative estimate of drug-likeness (QED) is 0.333. The molecule has 1 heterocycles. The molecule has 6 atom stereocenters. The van der Waals surface area contributed by atoms with E-state index in [-0.39, 0.29) is 24.0 Å². The van der Waals surface area contributed by atoms with E-state index in [4.69, 9.17) is 5.73 Å². The number of rotatable bonds is 10. The zero-order valence-electron chi connectivity index (χ0n) is 25.0. The van der Waals surface area contributed by atoms with Gasteiger partial charge >= 0.3 is 0 Å². The van der Waals surface area contributed by atoms with Crippen molar-refractivity contribution in [1.29, 1.82) is 0 Å². The molecule has 1 saturated heterocycles. The summed E-state index contributed by atoms with van der Waals surface area (Å²) >= 11 is 0. The lowest BCUT2D eigenvalue weighted by molar-refractivity contribution is -0.133. The number of nitrogens with zero attached hydrogens (tertiary/aromatic N) is 1. The molecule has 2 aliphatic rings. The summed E-state index contributed by atoms with van der Waals surface area (Å²) < 4.78 is 23.2. The van der Waals surface area contributed by atoms with Gasteiger partial charge in [-0.3, -0.25) is 14.5 Å². The molecule has 2 amide bonds. The number of piperidine rings is 1. The summed E-state index contributed by atoms with van der Waals surface area (Å²) in [6, 6.07) is 7.08. The van der Waals surface area contributed by atoms with Crippen LogP contribution in [0.3, 0.4) is 0 Å². The summed E-state index contributed by atoms with van der Waals surface area (Å²) in [6.45, 7) is 9.67. The standard InChI is InChI=1S/C30H50N4O5S/c1-29(2,3)33-27(36)24-17-21-14-10-11-15-22(21)18-34(24)19-25(35)23(16-20-12-8-7-9-13-20)32-28(37)26(31)30(4,5)40(6,38)39/h7-9,12-13,21-26,35H,10-11,14-19,31H2,1-6H3,(H,32,37)(H,33,36)/t21-,22+,23-,24-,25+,26+/m0/s1. The third-order valence-electron chi connectivity index (χ3n) is 8.80. The molecule has 9 nitrogen and oxygen atoms in total. The van der Waals surface area contributed by atoms with Crippen LogP contribution in [0.2, 0.25) is 0 Å². The number of aliphatic hydroxyl groups is 1. The predicted octanol–water partition coefficient (Wildman–Crippen LogP) is 2.02. The highest BCUT2D eigenvalue weighted by Crippen LogP contribution is 2.39. The van der Waals surface area contributed by atoms with Crippen molar-refractivity contribution in [2.45, 2.75) is 108 Å². The second-order valence-electron chi connectivity index (χ2n) is 13.5. The minimum Gasteiger partial charge on any atom is -0.390 e. The van der Waals surface area contributed by atoms with E-state index in [1.807, 2.05) is 51.1 Å². The van der Waals surface area contributed by atoms with Crippen molar-refractivity contribution in [2.24, 2.45) is 17.6 Å². The number of amides is 2. The highest BCUT2D eigenvalue weighted by Gasteiger charge is 2.44. The minimum atomic E-state index is -3.63. The number of nitrogens with two attached hydrogens (primary N) is 1. The Bertz CT molecular complexity index is 1120. The smallest absolute Gasteiger partial charge is 0.238 e. The maximum atomic E-state index is 13.4. The van der Waals surface area contributed by atoms with Crippen LogP contribution in [0.4, 0.5) is 0 Å². The lowest BCUT2D eigenvalue weighted by Crippen LogP contribution is -2.62. The van der Waals surface area contributed by atoms with Crippen LogP contribution < -0.4 is 16.4 Å². The monoisotopic (exact) mass is 578 g/mol. The van der Waals surface area contributed by atoms with Crippen molar-refractivity contribution in [3.8, 4) is 0 Å². The average Bonchev–Trinajstić information content (AvgIpc) is 2.86. The van der Waals surface area contributed by atoms with Gasteiger partial charge in [-0.2, -0.15) is 0 Å². The van der Waals surface area contributed by atoms with Gasteiger partial charge in [-0.1, -0.05) is 49.6 Å². The summed E-state index contributed by atoms with van der Waals surface area (Å²) in [5.41, 5.74) is 6.70. The maximum Gasteiger partial charge on any atom is 0.238 e. The van der Waals surface area contributed by atoms with Gasteiger partial charge in [0.05, 0.1) is 22.9 Å². The summed E-state index contributed by atoms with van der Waals surface area (Å²) in [5.74, 6) is 0.299. The maximum absolute atomic E-state index is 13.4. The summed E-state index contributed by atoms with van der Waals surface area (Å²) in [7, 11) is -3.63. The molecule has 3 rings (SSSR count). The van der Waals surface area contributed by atoms with E-state index in [1.54, 1.807) is 0 Å². The SMILES string of the molecule is CC(C)(C)NC(=O)[C@@H]1C[C@@H]2CCCC[C@@H]2CN1C[C@@H](O)[C@H](Cc1ccccc1)NC(=O)[C@@H](N)C(C)(C)S(C)(=O)=O. The fourth-order valence-corrected chi connectivity index (χ4v) is 6.53. The van der Waals surface area contributed by atoms with Gasteiger partial charge in [0.2, 0.25) is 11.8 Å². The largest absolute Gasteiger partial charge is 0.390 e. The summed E-state index contributed by atoms with van der Waals surface area (Å²) in [4.78, 5) is 28.8. The van der Waals surface area contributed by atoms with E-state index in [1.165, 1.54) is 26.7 Å². The molecule has 2 fully saturated rings. The molecule has 0 unspecified atom stereocenters. The van der Waals surface area contributed by atoms with Crippen LogP contribution in [0, 0.1) is 11.8 Å². The number of carbonyl (C=O) groups excluding carboxylic acids is 2. The molecule has 1 aromatic rings. The molecule has 0 spiro atoms. The third-order valence-corrected chi connectivity index (χ3v) is 11.0. The van der Waals surface area contributed by atoms with E-state index in [9.17, 15) is 23.1 Å². The first kappa shape index (κ1) is 32.5. The molecule has 0 radical (unpaired) electrons. The number of benzene rings is 1. The van der Waals surface area contributed by atoms with E-state index in [0.29, 0.717) is 18.3 Å². The van der Waals surface area contributed by atoms with Gasteiger partial charge in [0.15, 0.2) is 9.84 Å². The number of hydrogen-bond acceptors (Lipinski definition) is 7. The first-order valence-electron chi connectivity index (χ1n) is 14.5. The van der Waals surface area contributed by atoms with E-state index in [0.717, 1.165) is 37.6 Å². The van der Waals surface area contributed by atoms with Crippen LogP contribution in [0.15, 0.2) is 30.3 Å². The van der Waals surface area contributed by atoms with Crippen LogP contribution >= 0.6 is 0 Å². The van der Waals surface area contributed by atoms with Crippen molar-refractivity contribution in [3.05, 3.63) is 35.9 Å². The first-order chi connectivity index (χ1) is 18.5. The van der Waals surface area contributed by atoms with Crippen LogP contribution in [0.5, 0.6) is 0 Å². The summed E-state index contributed by atoms with van der Waals surface area (Å²) in [5, 5.41) is 17.6. The third kappa shape index (κ3) is 8.27. The predicted molar refractivity (Wildman–Crippen MR) is 158 cm³/mol. The Labute approximate surface area is 240 Å². The molecule has 5 N–H and O–H groups in total. The average molecular weight is 579 g/mol. The molecule has 1 aliphatic carbocycles. The van der Waals surface area contributed by atoms with Gasteiger partial charge in [-0.05, 0) is 71.3 Å². The fourth-order valence-electron chi connectivity index (χ4n) is 5.96. The van der Waals surface area contributed by atoms with E-state index >= 15 is 0 Å². The molecule has 226 valence electrons. The molecule has 40 heavy (non-hydrogen) atoms. The zero-order chi connectivity index (χ0) is 29.9. The van der Waals surface area contributed by atoms with Gasteiger partial charge in [-0.15, -0.1) is 0 Å². The number of likely N-dealkylation sites (tertiary alicyclic amines) is 1. The Morgan fingerprint density at radius 1 is 1.07 bits per heavy atom. The molecular weight excluding hydrogens is 528 g/mol. The van der Waals surface area contributed by atoms with E-state index in [2.05, 4.69) is 15.5 Å². The lowest BCUT2D eigenvalue weighted by Gasteiger charge is -2.47. The number of β-amino-alcohol motifs (C(OH)–C–C–N with tert-alkyl or cyclic N) is 1. The van der Waals surface area contributed by atoms with Crippen molar-refractivity contribution >= 4 is 21.7 Å². The van der Waals surface area contributed by atoms with Crippen LogP contribution in [-0.2, 0) is 25.8 Å². The number of nitrogens with one attached hydrogen (secondary N) is 2. The number of aliphatic hydroxyl groups excluding tert-OH is 1. The fraction of sp³-hybridized carbons (Fsp3) is 0.733. The topological polar surface area (TPSA) is 142 Å². The van der Waals surface area contributed by atoms with Crippen LogP contribution in [0.25, 0.3) is 0 Å². The molecular formula is C30H50N4O5S. The number of fused-ring (bicyclic) bond motifs is 1. The molecule has 10 heteroatoms. The van der Waals surface area contributed by atoms with Gasteiger partial charge < -0.3 is 21.5 Å². The zero-order valence-corrected chi connectivity index (χ0v) is 25.8. The number of sulfone groups is 1. The first-order valence-corrected chi connectivity index (χ1v) is 16.4. The van der Waals surface area contributed by atoms with E-state index < -0.39 is 38.7 Å². The van der Waals surface area contributed by atoms with Crippen molar-refractivity contribution in [3.63, 3.8) is 0 Å². The molecule has 0 aromatic heterocycles. The molecule has 1 aromatic carbocycles. The van der Waals surface area contributed by atoms with Gasteiger partial charge in [-0.25, -0.2) is 8.42 Å². The second-order valence-corrected chi connectivity index (χ2v) is 16.1. The molecule has 1 aliphatic heterocycles. The van der Waals surface area contributed by atoms with Crippen molar-refractivity contribution in [1.82, 2.24) is 15.5 Å². The highest BCUT2D eigenvalue weighted by molar-refractivity contribution is 7.92. The second kappa shape index (κ2) is 12.9. The van der Waals surface area contributed by atoms with Gasteiger partial charge in [0.25, 0.3) is 0 Å². The summed E-state index contributed by atoms with van der Waals surface area (Å²) in [6.07, 6.45) is 5.74. The Hall–Kier alpha value is -2.01. The number of carbonyl (C=O) groups is 2. The molecule has 1 saturated carbocycles.